The van der Waals surface area contributed by atoms with E-state index in [9.17, 15) is 5.11 Å². The van der Waals surface area contributed by atoms with Gasteiger partial charge in [0.2, 0.25) is 5.95 Å². The molecule has 0 unspecified atom stereocenters. The predicted molar refractivity (Wildman–Crippen MR) is 70.7 cm³/mol. The minimum Gasteiger partial charge on any atom is -0.388 e. The molecule has 17 heavy (non-hydrogen) atoms. The fraction of sp³-hybridized carbons (Fsp3) is 0.636. The molecule has 5 nitrogen and oxygen atoms in total. The van der Waals surface area contributed by atoms with Gasteiger partial charge in [-0.2, -0.15) is 4.98 Å². The first-order chi connectivity index (χ1) is 8.09. The summed E-state index contributed by atoms with van der Waals surface area (Å²) in [6, 6.07) is 0. The Morgan fingerprint density at radius 2 is 2.12 bits per heavy atom. The lowest BCUT2D eigenvalue weighted by Crippen LogP contribution is -2.39. The van der Waals surface area contributed by atoms with Gasteiger partial charge in [0.15, 0.2) is 0 Å². The van der Waals surface area contributed by atoms with Gasteiger partial charge in [0, 0.05) is 12.7 Å². The van der Waals surface area contributed by atoms with Crippen LogP contribution in [0.5, 0.6) is 0 Å². The molecule has 1 aromatic heterocycles. The third-order valence-corrected chi connectivity index (χ3v) is 3.71. The second kappa shape index (κ2) is 5.18. The van der Waals surface area contributed by atoms with Gasteiger partial charge in [-0.3, -0.25) is 0 Å². The number of halogens is 1. The molecule has 0 amide bonds. The molecule has 94 valence electrons. The van der Waals surface area contributed by atoms with Gasteiger partial charge in [0.05, 0.1) is 10.1 Å². The van der Waals surface area contributed by atoms with Crippen molar-refractivity contribution in [2.45, 2.75) is 37.7 Å². The van der Waals surface area contributed by atoms with E-state index in [1.165, 1.54) is 6.42 Å². The van der Waals surface area contributed by atoms with Crippen LogP contribution in [0.15, 0.2) is 10.7 Å². The molecular formula is C11H17BrN4O. The Morgan fingerprint density at radius 1 is 1.41 bits per heavy atom. The lowest BCUT2D eigenvalue weighted by molar-refractivity contribution is 0.0166. The molecule has 1 aliphatic carbocycles. The van der Waals surface area contributed by atoms with Crippen molar-refractivity contribution in [3.8, 4) is 0 Å². The smallest absolute Gasteiger partial charge is 0.221 e. The van der Waals surface area contributed by atoms with Crippen LogP contribution in [0.4, 0.5) is 11.8 Å². The van der Waals surface area contributed by atoms with Gasteiger partial charge in [-0.25, -0.2) is 4.98 Å². The van der Waals surface area contributed by atoms with Crippen LogP contribution in [0.2, 0.25) is 0 Å². The predicted octanol–water partition coefficient (Wildman–Crippen LogP) is 1.93. The molecule has 2 rings (SSSR count). The van der Waals surface area contributed by atoms with Gasteiger partial charge in [-0.05, 0) is 28.8 Å². The van der Waals surface area contributed by atoms with Gasteiger partial charge < -0.3 is 16.2 Å². The Bertz CT molecular complexity index is 393. The third-order valence-electron chi connectivity index (χ3n) is 3.13. The van der Waals surface area contributed by atoms with E-state index in [0.29, 0.717) is 12.4 Å². The number of nitrogens with zero attached hydrogens (tertiary/aromatic N) is 2. The SMILES string of the molecule is Nc1ncc(Br)c(NCC2(O)CCCCC2)n1. The molecule has 1 fully saturated rings. The highest BCUT2D eigenvalue weighted by Gasteiger charge is 2.29. The number of aromatic nitrogens is 2. The van der Waals surface area contributed by atoms with Crippen LogP contribution < -0.4 is 11.1 Å². The Kier molecular flexibility index (Phi) is 3.83. The van der Waals surface area contributed by atoms with Crippen LogP contribution in [0.1, 0.15) is 32.1 Å². The largest absolute Gasteiger partial charge is 0.388 e. The van der Waals surface area contributed by atoms with Crippen molar-refractivity contribution in [1.29, 1.82) is 0 Å². The third kappa shape index (κ3) is 3.29. The fourth-order valence-corrected chi connectivity index (χ4v) is 2.47. The molecule has 1 aromatic rings. The molecule has 0 atom stereocenters. The molecule has 4 N–H and O–H groups in total. The molecular weight excluding hydrogens is 284 g/mol. The number of aliphatic hydroxyl groups is 1. The molecule has 1 saturated carbocycles. The van der Waals surface area contributed by atoms with E-state index < -0.39 is 5.60 Å². The second-order valence-electron chi connectivity index (χ2n) is 4.56. The van der Waals surface area contributed by atoms with Crippen LogP contribution in [-0.2, 0) is 0 Å². The summed E-state index contributed by atoms with van der Waals surface area (Å²) < 4.78 is 0.756. The van der Waals surface area contributed by atoms with Crippen molar-refractivity contribution in [3.63, 3.8) is 0 Å². The lowest BCUT2D eigenvalue weighted by atomic mass is 9.85. The van der Waals surface area contributed by atoms with E-state index in [1.807, 2.05) is 0 Å². The van der Waals surface area contributed by atoms with Gasteiger partial charge in [-0.1, -0.05) is 19.3 Å². The minimum absolute atomic E-state index is 0.228. The van der Waals surface area contributed by atoms with Gasteiger partial charge in [-0.15, -0.1) is 0 Å². The second-order valence-corrected chi connectivity index (χ2v) is 5.42. The summed E-state index contributed by atoms with van der Waals surface area (Å²) in [5, 5.41) is 13.5. The lowest BCUT2D eigenvalue weighted by Gasteiger charge is -2.32. The van der Waals surface area contributed by atoms with Crippen molar-refractivity contribution in [2.24, 2.45) is 0 Å². The molecule has 0 radical (unpaired) electrons. The number of nitrogen functional groups attached to an aromatic ring is 1. The maximum Gasteiger partial charge on any atom is 0.221 e. The number of nitrogens with two attached hydrogens (primary N) is 1. The standard InChI is InChI=1S/C11H17BrN4O/c12-8-6-14-10(13)16-9(8)15-7-11(17)4-2-1-3-5-11/h6,17H,1-5,7H2,(H3,13,14,15,16). The van der Waals surface area contributed by atoms with Crippen molar-refractivity contribution >= 4 is 27.7 Å². The summed E-state index contributed by atoms with van der Waals surface area (Å²) in [5.41, 5.74) is 4.91. The summed E-state index contributed by atoms with van der Waals surface area (Å²) in [6.45, 7) is 0.502. The molecule has 0 aliphatic heterocycles. The first-order valence-corrected chi connectivity index (χ1v) is 6.63. The highest BCUT2D eigenvalue weighted by molar-refractivity contribution is 9.10. The van der Waals surface area contributed by atoms with E-state index in [0.717, 1.165) is 30.2 Å². The Balaban J connectivity index is 1.99. The molecule has 0 saturated heterocycles. The van der Waals surface area contributed by atoms with Gasteiger partial charge in [0.25, 0.3) is 0 Å². The number of anilines is 2. The summed E-state index contributed by atoms with van der Waals surface area (Å²) >= 11 is 3.35. The molecule has 0 spiro atoms. The van der Waals surface area contributed by atoms with E-state index in [-0.39, 0.29) is 5.95 Å². The zero-order chi connectivity index (χ0) is 12.3. The highest BCUT2D eigenvalue weighted by atomic mass is 79.9. The van der Waals surface area contributed by atoms with Crippen molar-refractivity contribution in [2.75, 3.05) is 17.6 Å². The Hall–Kier alpha value is -0.880. The van der Waals surface area contributed by atoms with E-state index in [1.54, 1.807) is 6.20 Å². The van der Waals surface area contributed by atoms with E-state index >= 15 is 0 Å². The number of rotatable bonds is 3. The van der Waals surface area contributed by atoms with Crippen LogP contribution in [0.25, 0.3) is 0 Å². The average Bonchev–Trinajstić information content (AvgIpc) is 2.31. The van der Waals surface area contributed by atoms with Crippen molar-refractivity contribution < 1.29 is 5.11 Å². The number of nitrogens with one attached hydrogen (secondary N) is 1. The molecule has 6 heteroatoms. The van der Waals surface area contributed by atoms with Crippen molar-refractivity contribution in [3.05, 3.63) is 10.7 Å². The van der Waals surface area contributed by atoms with Crippen LogP contribution in [-0.4, -0.2) is 27.2 Å². The number of hydrogen-bond acceptors (Lipinski definition) is 5. The van der Waals surface area contributed by atoms with Crippen LogP contribution in [0, 0.1) is 0 Å². The maximum absolute atomic E-state index is 10.3. The first kappa shape index (κ1) is 12.6. The molecule has 0 bridgehead atoms. The zero-order valence-corrected chi connectivity index (χ0v) is 11.2. The molecule has 1 aliphatic rings. The first-order valence-electron chi connectivity index (χ1n) is 5.83. The normalized spacial score (nSPS) is 18.9. The fourth-order valence-electron chi connectivity index (χ4n) is 2.14. The Labute approximate surface area is 109 Å². The Morgan fingerprint density at radius 3 is 2.82 bits per heavy atom. The topological polar surface area (TPSA) is 84.1 Å². The summed E-state index contributed by atoms with van der Waals surface area (Å²) in [4.78, 5) is 7.95. The minimum atomic E-state index is -0.614. The van der Waals surface area contributed by atoms with Gasteiger partial charge >= 0.3 is 0 Å². The van der Waals surface area contributed by atoms with Crippen molar-refractivity contribution in [1.82, 2.24) is 9.97 Å². The molecule has 0 aromatic carbocycles. The average molecular weight is 301 g/mol. The monoisotopic (exact) mass is 300 g/mol. The zero-order valence-electron chi connectivity index (χ0n) is 9.62. The highest BCUT2D eigenvalue weighted by Crippen LogP contribution is 2.29. The van der Waals surface area contributed by atoms with Crippen LogP contribution in [0.3, 0.4) is 0 Å². The van der Waals surface area contributed by atoms with E-state index in [4.69, 9.17) is 5.73 Å². The summed E-state index contributed by atoms with van der Waals surface area (Å²) in [7, 11) is 0. The van der Waals surface area contributed by atoms with E-state index in [2.05, 4.69) is 31.2 Å². The van der Waals surface area contributed by atoms with Crippen LogP contribution >= 0.6 is 15.9 Å². The summed E-state index contributed by atoms with van der Waals surface area (Å²) in [5.74, 6) is 0.864. The quantitative estimate of drug-likeness (QED) is 0.794. The maximum atomic E-state index is 10.3. The molecule has 1 heterocycles. The van der Waals surface area contributed by atoms with Gasteiger partial charge in [0.1, 0.15) is 5.82 Å². The number of hydrogen-bond donors (Lipinski definition) is 3. The summed E-state index contributed by atoms with van der Waals surface area (Å²) in [6.07, 6.45) is 6.69.